The minimum Gasteiger partial charge on any atom is -0.350 e. The van der Waals surface area contributed by atoms with Crippen molar-refractivity contribution in [3.8, 4) is 0 Å². The van der Waals surface area contributed by atoms with Crippen LogP contribution in [0.2, 0.25) is 0 Å². The number of carbonyl (C=O) groups is 1. The largest absolute Gasteiger partial charge is 0.350 e. The molecule has 0 bridgehead atoms. The summed E-state index contributed by atoms with van der Waals surface area (Å²) < 4.78 is 27.4. The van der Waals surface area contributed by atoms with Crippen LogP contribution in [0.5, 0.6) is 0 Å². The van der Waals surface area contributed by atoms with E-state index >= 15 is 0 Å². The quantitative estimate of drug-likeness (QED) is 0.862. The average Bonchev–Trinajstić information content (AvgIpc) is 2.26. The van der Waals surface area contributed by atoms with Crippen LogP contribution >= 0.6 is 0 Å². The van der Waals surface area contributed by atoms with Crippen LogP contribution in [0, 0.1) is 12.8 Å². The van der Waals surface area contributed by atoms with E-state index in [1.807, 2.05) is 13.8 Å². The Morgan fingerprint density at radius 1 is 1.29 bits per heavy atom. The standard InChI is InChI=1S/C13H17F2NO/c1-9(2)8-16-12(17)13(14,15)11-6-4-10(3)5-7-11/h4-7,9H,8H2,1-3H3,(H,16,17). The molecule has 0 radical (unpaired) electrons. The highest BCUT2D eigenvalue weighted by Crippen LogP contribution is 2.28. The number of aryl methyl sites for hydroxylation is 1. The van der Waals surface area contributed by atoms with Crippen molar-refractivity contribution in [3.63, 3.8) is 0 Å². The zero-order chi connectivity index (χ0) is 13.1. The van der Waals surface area contributed by atoms with E-state index < -0.39 is 11.8 Å². The van der Waals surface area contributed by atoms with Crippen LogP contribution in [0.25, 0.3) is 0 Å². The highest BCUT2D eigenvalue weighted by Gasteiger charge is 2.40. The Labute approximate surface area is 100 Å². The van der Waals surface area contributed by atoms with Crippen molar-refractivity contribution in [2.45, 2.75) is 26.7 Å². The van der Waals surface area contributed by atoms with Gasteiger partial charge in [0.05, 0.1) is 0 Å². The molecular formula is C13H17F2NO. The number of nitrogens with one attached hydrogen (secondary N) is 1. The van der Waals surface area contributed by atoms with Gasteiger partial charge in [0.1, 0.15) is 0 Å². The summed E-state index contributed by atoms with van der Waals surface area (Å²) in [6, 6.07) is 5.70. The molecule has 0 aliphatic rings. The Hall–Kier alpha value is -1.45. The lowest BCUT2D eigenvalue weighted by Crippen LogP contribution is -2.39. The number of hydrogen-bond donors (Lipinski definition) is 1. The van der Waals surface area contributed by atoms with Crippen molar-refractivity contribution in [2.24, 2.45) is 5.92 Å². The number of benzene rings is 1. The van der Waals surface area contributed by atoms with Crippen molar-refractivity contribution >= 4 is 5.91 Å². The van der Waals surface area contributed by atoms with Gasteiger partial charge in [0.15, 0.2) is 0 Å². The molecular weight excluding hydrogens is 224 g/mol. The summed E-state index contributed by atoms with van der Waals surface area (Å²) in [6.07, 6.45) is 0. The molecule has 1 aromatic carbocycles. The molecule has 4 heteroatoms. The number of carbonyl (C=O) groups excluding carboxylic acids is 1. The lowest BCUT2D eigenvalue weighted by Gasteiger charge is -2.17. The summed E-state index contributed by atoms with van der Waals surface area (Å²) in [4.78, 5) is 11.4. The Bertz CT molecular complexity index is 385. The van der Waals surface area contributed by atoms with Crippen LogP contribution in [-0.2, 0) is 10.7 Å². The molecule has 2 nitrogen and oxygen atoms in total. The first kappa shape index (κ1) is 13.6. The van der Waals surface area contributed by atoms with Crippen LogP contribution < -0.4 is 5.32 Å². The first-order valence-corrected chi connectivity index (χ1v) is 5.57. The molecule has 1 rings (SSSR count). The van der Waals surface area contributed by atoms with Crippen LogP contribution in [0.3, 0.4) is 0 Å². The van der Waals surface area contributed by atoms with Crippen molar-refractivity contribution < 1.29 is 13.6 Å². The smallest absolute Gasteiger partial charge is 0.349 e. The fraction of sp³-hybridized carbons (Fsp3) is 0.462. The molecule has 0 aromatic heterocycles. The molecule has 94 valence electrons. The van der Waals surface area contributed by atoms with Gasteiger partial charge in [0.2, 0.25) is 0 Å². The number of halogens is 2. The molecule has 0 unspecified atom stereocenters. The molecule has 0 saturated carbocycles. The minimum atomic E-state index is -3.47. The maximum Gasteiger partial charge on any atom is 0.349 e. The van der Waals surface area contributed by atoms with E-state index in [1.165, 1.54) is 12.1 Å². The number of hydrogen-bond acceptors (Lipinski definition) is 1. The van der Waals surface area contributed by atoms with E-state index in [0.717, 1.165) is 5.56 Å². The van der Waals surface area contributed by atoms with Gasteiger partial charge in [-0.2, -0.15) is 8.78 Å². The Morgan fingerprint density at radius 3 is 2.29 bits per heavy atom. The lowest BCUT2D eigenvalue weighted by atomic mass is 10.1. The predicted molar refractivity (Wildman–Crippen MR) is 62.9 cm³/mol. The topological polar surface area (TPSA) is 29.1 Å². The summed E-state index contributed by atoms with van der Waals surface area (Å²) in [6.45, 7) is 5.76. The van der Waals surface area contributed by atoms with Gasteiger partial charge < -0.3 is 5.32 Å². The average molecular weight is 241 g/mol. The lowest BCUT2D eigenvalue weighted by molar-refractivity contribution is -0.147. The molecule has 0 aliphatic heterocycles. The summed E-state index contributed by atoms with van der Waals surface area (Å²) in [5.41, 5.74) is 0.608. The second-order valence-electron chi connectivity index (χ2n) is 4.54. The number of alkyl halides is 2. The van der Waals surface area contributed by atoms with Crippen molar-refractivity contribution in [3.05, 3.63) is 35.4 Å². The highest BCUT2D eigenvalue weighted by atomic mass is 19.3. The summed E-state index contributed by atoms with van der Waals surface area (Å²) in [5.74, 6) is -4.56. The maximum absolute atomic E-state index is 13.7. The van der Waals surface area contributed by atoms with E-state index in [2.05, 4.69) is 5.32 Å². The van der Waals surface area contributed by atoms with E-state index in [9.17, 15) is 13.6 Å². The molecule has 17 heavy (non-hydrogen) atoms. The Balaban J connectivity index is 2.79. The van der Waals surface area contributed by atoms with Gasteiger partial charge in [-0.25, -0.2) is 0 Å². The molecule has 0 aliphatic carbocycles. The molecule has 0 heterocycles. The molecule has 1 amide bonds. The Morgan fingerprint density at radius 2 is 1.82 bits per heavy atom. The zero-order valence-electron chi connectivity index (χ0n) is 10.3. The predicted octanol–water partition coefficient (Wildman–Crippen LogP) is 2.86. The van der Waals surface area contributed by atoms with E-state index in [0.29, 0.717) is 0 Å². The number of amides is 1. The van der Waals surface area contributed by atoms with Crippen LogP contribution in [0.4, 0.5) is 8.78 Å². The fourth-order valence-electron chi connectivity index (χ4n) is 1.30. The monoisotopic (exact) mass is 241 g/mol. The number of rotatable bonds is 4. The van der Waals surface area contributed by atoms with Crippen LogP contribution in [0.1, 0.15) is 25.0 Å². The maximum atomic E-state index is 13.7. The Kier molecular flexibility index (Phi) is 4.21. The van der Waals surface area contributed by atoms with Gasteiger partial charge in [0, 0.05) is 12.1 Å². The summed E-state index contributed by atoms with van der Waals surface area (Å²) >= 11 is 0. The molecule has 0 atom stereocenters. The summed E-state index contributed by atoms with van der Waals surface area (Å²) in [5, 5.41) is 2.25. The second kappa shape index (κ2) is 5.25. The van der Waals surface area contributed by atoms with E-state index in [4.69, 9.17) is 0 Å². The first-order valence-electron chi connectivity index (χ1n) is 5.57. The van der Waals surface area contributed by atoms with Crippen LogP contribution in [0.15, 0.2) is 24.3 Å². The third-order valence-corrected chi connectivity index (χ3v) is 2.37. The molecule has 1 N–H and O–H groups in total. The fourth-order valence-corrected chi connectivity index (χ4v) is 1.30. The third kappa shape index (κ3) is 3.51. The normalized spacial score (nSPS) is 11.6. The third-order valence-electron chi connectivity index (χ3n) is 2.37. The first-order chi connectivity index (χ1) is 7.84. The highest BCUT2D eigenvalue weighted by molar-refractivity contribution is 5.84. The van der Waals surface area contributed by atoms with Gasteiger partial charge in [0.25, 0.3) is 5.91 Å². The summed E-state index contributed by atoms with van der Waals surface area (Å²) in [7, 11) is 0. The molecule has 0 fully saturated rings. The molecule has 0 saturated heterocycles. The second-order valence-corrected chi connectivity index (χ2v) is 4.54. The zero-order valence-corrected chi connectivity index (χ0v) is 10.3. The van der Waals surface area contributed by atoms with Gasteiger partial charge in [-0.3, -0.25) is 4.79 Å². The molecule has 1 aromatic rings. The van der Waals surface area contributed by atoms with Gasteiger partial charge in [-0.05, 0) is 12.8 Å². The molecule has 0 spiro atoms. The van der Waals surface area contributed by atoms with Gasteiger partial charge in [-0.1, -0.05) is 43.7 Å². The van der Waals surface area contributed by atoms with E-state index in [1.54, 1.807) is 19.1 Å². The SMILES string of the molecule is Cc1ccc(C(F)(F)C(=O)NCC(C)C)cc1. The van der Waals surface area contributed by atoms with Gasteiger partial charge >= 0.3 is 5.92 Å². The van der Waals surface area contributed by atoms with Crippen molar-refractivity contribution in [1.82, 2.24) is 5.32 Å². The van der Waals surface area contributed by atoms with E-state index in [-0.39, 0.29) is 18.0 Å². The van der Waals surface area contributed by atoms with Crippen molar-refractivity contribution in [1.29, 1.82) is 0 Å². The minimum absolute atomic E-state index is 0.146. The van der Waals surface area contributed by atoms with Crippen LogP contribution in [-0.4, -0.2) is 12.5 Å². The van der Waals surface area contributed by atoms with Gasteiger partial charge in [-0.15, -0.1) is 0 Å². The van der Waals surface area contributed by atoms with Crippen molar-refractivity contribution in [2.75, 3.05) is 6.54 Å².